The van der Waals surface area contributed by atoms with Gasteiger partial charge in [0, 0.05) is 32.1 Å². The third-order valence-electron chi connectivity index (χ3n) is 3.68. The maximum Gasteiger partial charge on any atom is 0.252 e. The van der Waals surface area contributed by atoms with Crippen molar-refractivity contribution >= 4 is 38.5 Å². The predicted octanol–water partition coefficient (Wildman–Crippen LogP) is 3.50. The largest absolute Gasteiger partial charge is 0.363 e. The van der Waals surface area contributed by atoms with E-state index < -0.39 is 10.0 Å². The molecule has 0 heterocycles. The molecule has 1 saturated carbocycles. The van der Waals surface area contributed by atoms with E-state index in [1.807, 2.05) is 20.2 Å². The Morgan fingerprint density at radius 1 is 1.14 bits per heavy atom. The summed E-state index contributed by atoms with van der Waals surface area (Å²) in [7, 11) is 0.126. The smallest absolute Gasteiger partial charge is 0.252 e. The molecule has 0 N–H and O–H groups in total. The molecule has 0 bridgehead atoms. The Hall–Kier alpha value is -0.630. The third-order valence-corrected chi connectivity index (χ3v) is 7.72. The first-order valence-electron chi connectivity index (χ1n) is 7.41. The lowest BCUT2D eigenvalue weighted by atomic mass is 9.96. The van der Waals surface area contributed by atoms with Gasteiger partial charge < -0.3 is 4.90 Å². The fourth-order valence-electron chi connectivity index (χ4n) is 2.47. The summed E-state index contributed by atoms with van der Waals surface area (Å²) in [5.74, 6) is 0. The minimum absolute atomic E-state index is 0.0156. The standard InChI is InChI=1S/C15H22N2O2S3/c1-16(2)15(20)21-17(13-9-5-3-6-10-13)22(18,19)14-11-7-4-8-12-14/h4,7-8,11-13H,3,5-6,9-10H2,1-2H3. The molecule has 22 heavy (non-hydrogen) atoms. The van der Waals surface area contributed by atoms with Gasteiger partial charge in [-0.3, -0.25) is 0 Å². The SMILES string of the molecule is CN(C)C(=S)SN(C1CCCCC1)S(=O)(=O)c1ccccc1. The van der Waals surface area contributed by atoms with Crippen molar-refractivity contribution in [2.45, 2.75) is 43.0 Å². The van der Waals surface area contributed by atoms with E-state index >= 15 is 0 Å². The number of nitrogens with zero attached hydrogens (tertiary/aromatic N) is 2. The van der Waals surface area contributed by atoms with E-state index in [1.54, 1.807) is 29.2 Å². The summed E-state index contributed by atoms with van der Waals surface area (Å²) in [6.45, 7) is 0. The average Bonchev–Trinajstić information content (AvgIpc) is 2.53. The van der Waals surface area contributed by atoms with Gasteiger partial charge in [-0.15, -0.1) is 3.71 Å². The van der Waals surface area contributed by atoms with Crippen molar-refractivity contribution in [3.63, 3.8) is 0 Å². The minimum atomic E-state index is -3.55. The van der Waals surface area contributed by atoms with Crippen molar-refractivity contribution in [1.29, 1.82) is 0 Å². The molecule has 0 spiro atoms. The number of hydrogen-bond donors (Lipinski definition) is 0. The number of rotatable bonds is 4. The van der Waals surface area contributed by atoms with Crippen LogP contribution in [0, 0.1) is 0 Å². The first kappa shape index (κ1) is 17.7. The van der Waals surface area contributed by atoms with Crippen molar-refractivity contribution in [2.24, 2.45) is 0 Å². The molecule has 2 rings (SSSR count). The molecule has 0 radical (unpaired) electrons. The lowest BCUT2D eigenvalue weighted by Gasteiger charge is -2.33. The zero-order valence-corrected chi connectivity index (χ0v) is 15.4. The van der Waals surface area contributed by atoms with Gasteiger partial charge in [0.1, 0.15) is 0 Å². The Labute approximate surface area is 143 Å². The van der Waals surface area contributed by atoms with Gasteiger partial charge in [-0.1, -0.05) is 49.7 Å². The van der Waals surface area contributed by atoms with Crippen molar-refractivity contribution in [3.8, 4) is 0 Å². The highest BCUT2D eigenvalue weighted by molar-refractivity contribution is 8.25. The molecule has 0 unspecified atom stereocenters. The lowest BCUT2D eigenvalue weighted by molar-refractivity contribution is 0.346. The molecule has 0 aliphatic heterocycles. The summed E-state index contributed by atoms with van der Waals surface area (Å²) in [5.41, 5.74) is 0. The van der Waals surface area contributed by atoms with Crippen LogP contribution in [0.1, 0.15) is 32.1 Å². The third kappa shape index (κ3) is 4.22. The van der Waals surface area contributed by atoms with Crippen LogP contribution in [-0.4, -0.2) is 41.5 Å². The second-order valence-electron chi connectivity index (χ2n) is 5.62. The molecular formula is C15H22N2O2S3. The first-order chi connectivity index (χ1) is 10.4. The number of sulfonamides is 1. The van der Waals surface area contributed by atoms with Crippen molar-refractivity contribution in [1.82, 2.24) is 8.61 Å². The van der Waals surface area contributed by atoms with Gasteiger partial charge in [-0.2, -0.15) is 0 Å². The van der Waals surface area contributed by atoms with E-state index in [9.17, 15) is 8.42 Å². The van der Waals surface area contributed by atoms with E-state index in [0.717, 1.165) is 37.6 Å². The van der Waals surface area contributed by atoms with Gasteiger partial charge in [0.05, 0.1) is 4.90 Å². The normalized spacial score (nSPS) is 16.7. The van der Waals surface area contributed by atoms with Crippen LogP contribution in [0.2, 0.25) is 0 Å². The topological polar surface area (TPSA) is 40.6 Å². The first-order valence-corrected chi connectivity index (χ1v) is 10.0. The van der Waals surface area contributed by atoms with Gasteiger partial charge in [0.25, 0.3) is 10.0 Å². The van der Waals surface area contributed by atoms with Gasteiger partial charge in [-0.05, 0) is 25.0 Å². The molecule has 1 aromatic carbocycles. The van der Waals surface area contributed by atoms with Crippen LogP contribution in [0.5, 0.6) is 0 Å². The molecule has 7 heteroatoms. The molecule has 0 amide bonds. The summed E-state index contributed by atoms with van der Waals surface area (Å²) in [5, 5.41) is 0. The molecule has 0 atom stereocenters. The Morgan fingerprint density at radius 3 is 2.27 bits per heavy atom. The van der Waals surface area contributed by atoms with E-state index in [1.165, 1.54) is 10.1 Å². The number of benzene rings is 1. The zero-order chi connectivity index (χ0) is 16.2. The highest BCUT2D eigenvalue weighted by Crippen LogP contribution is 2.34. The second kappa shape index (κ2) is 7.77. The monoisotopic (exact) mass is 358 g/mol. The molecular weight excluding hydrogens is 336 g/mol. The molecule has 0 aromatic heterocycles. The molecule has 1 aliphatic carbocycles. The molecule has 1 aromatic rings. The van der Waals surface area contributed by atoms with Gasteiger partial charge in [0.15, 0.2) is 4.32 Å². The van der Waals surface area contributed by atoms with E-state index in [4.69, 9.17) is 12.2 Å². The number of hydrogen-bond acceptors (Lipinski definition) is 4. The Morgan fingerprint density at radius 2 is 1.73 bits per heavy atom. The minimum Gasteiger partial charge on any atom is -0.363 e. The molecule has 1 fully saturated rings. The Kier molecular flexibility index (Phi) is 6.26. The van der Waals surface area contributed by atoms with Crippen molar-refractivity contribution in [2.75, 3.05) is 14.1 Å². The van der Waals surface area contributed by atoms with E-state index in [0.29, 0.717) is 9.22 Å². The van der Waals surface area contributed by atoms with Crippen LogP contribution < -0.4 is 0 Å². The highest BCUT2D eigenvalue weighted by atomic mass is 32.3. The second-order valence-corrected chi connectivity index (χ2v) is 9.27. The van der Waals surface area contributed by atoms with Crippen LogP contribution in [0.3, 0.4) is 0 Å². The Bertz CT molecular complexity index is 596. The fraction of sp³-hybridized carbons (Fsp3) is 0.533. The Balaban J connectivity index is 2.32. The van der Waals surface area contributed by atoms with Crippen LogP contribution in [-0.2, 0) is 10.0 Å². The van der Waals surface area contributed by atoms with Crippen molar-refractivity contribution < 1.29 is 8.42 Å². The van der Waals surface area contributed by atoms with Crippen LogP contribution >= 0.6 is 24.2 Å². The van der Waals surface area contributed by atoms with E-state index in [-0.39, 0.29) is 6.04 Å². The predicted molar refractivity (Wildman–Crippen MR) is 96.2 cm³/mol. The molecule has 4 nitrogen and oxygen atoms in total. The van der Waals surface area contributed by atoms with E-state index in [2.05, 4.69) is 0 Å². The summed E-state index contributed by atoms with van der Waals surface area (Å²) in [4.78, 5) is 2.10. The highest BCUT2D eigenvalue weighted by Gasteiger charge is 2.34. The average molecular weight is 359 g/mol. The summed E-state index contributed by atoms with van der Waals surface area (Å²) < 4.78 is 28.1. The lowest BCUT2D eigenvalue weighted by Crippen LogP contribution is -2.38. The molecule has 0 saturated heterocycles. The van der Waals surface area contributed by atoms with Gasteiger partial charge in [-0.25, -0.2) is 8.42 Å². The van der Waals surface area contributed by atoms with Gasteiger partial charge in [0.2, 0.25) is 0 Å². The van der Waals surface area contributed by atoms with Gasteiger partial charge >= 0.3 is 0 Å². The fourth-order valence-corrected chi connectivity index (χ4v) is 5.70. The maximum atomic E-state index is 13.0. The number of thiocarbonyl (C=S) groups is 1. The maximum absolute atomic E-state index is 13.0. The summed E-state index contributed by atoms with van der Waals surface area (Å²) in [6, 6.07) is 8.62. The zero-order valence-electron chi connectivity index (χ0n) is 12.9. The van der Waals surface area contributed by atoms with Crippen LogP contribution in [0.15, 0.2) is 35.2 Å². The van der Waals surface area contributed by atoms with Crippen LogP contribution in [0.4, 0.5) is 0 Å². The summed E-state index contributed by atoms with van der Waals surface area (Å²) >= 11 is 6.49. The molecule has 1 aliphatic rings. The van der Waals surface area contributed by atoms with Crippen molar-refractivity contribution in [3.05, 3.63) is 30.3 Å². The molecule has 122 valence electrons. The van der Waals surface area contributed by atoms with Crippen LogP contribution in [0.25, 0.3) is 0 Å². The summed E-state index contributed by atoms with van der Waals surface area (Å²) in [6.07, 6.45) is 5.12. The quantitative estimate of drug-likeness (QED) is 0.608.